The van der Waals surface area contributed by atoms with Gasteiger partial charge in [-0.3, -0.25) is 0 Å². The van der Waals surface area contributed by atoms with E-state index in [2.05, 4.69) is 10.3 Å². The molecule has 0 bridgehead atoms. The van der Waals surface area contributed by atoms with Crippen LogP contribution in [0.2, 0.25) is 10.2 Å². The summed E-state index contributed by atoms with van der Waals surface area (Å²) in [6, 6.07) is 16.9. The zero-order valence-electron chi connectivity index (χ0n) is 16.0. The molecule has 1 aromatic heterocycles. The molecule has 1 N–H and O–H groups in total. The van der Waals surface area contributed by atoms with E-state index in [0.717, 1.165) is 11.1 Å². The Bertz CT molecular complexity index is 920. The van der Waals surface area contributed by atoms with Crippen LogP contribution in [0, 0.1) is 0 Å². The number of methoxy groups -OCH3 is 1. The molecule has 0 amide bonds. The first-order chi connectivity index (χ1) is 14.2. The number of nitrogens with one attached hydrogen (secondary N) is 1. The van der Waals surface area contributed by atoms with Gasteiger partial charge < -0.3 is 19.5 Å². The summed E-state index contributed by atoms with van der Waals surface area (Å²) in [6.07, 6.45) is 1.76. The smallest absolute Gasteiger partial charge is 0.161 e. The van der Waals surface area contributed by atoms with E-state index in [9.17, 15) is 0 Å². The van der Waals surface area contributed by atoms with Crippen LogP contribution in [-0.2, 0) is 13.1 Å². The Labute approximate surface area is 180 Å². The number of aromatic nitrogens is 1. The summed E-state index contributed by atoms with van der Waals surface area (Å²) in [5.74, 6) is 1.98. The molecule has 0 aliphatic carbocycles. The van der Waals surface area contributed by atoms with Crippen LogP contribution in [-0.4, -0.2) is 25.3 Å². The van der Waals surface area contributed by atoms with Crippen molar-refractivity contribution in [1.82, 2.24) is 10.3 Å². The van der Waals surface area contributed by atoms with Gasteiger partial charge in [0, 0.05) is 19.3 Å². The minimum absolute atomic E-state index is 0.378. The predicted molar refractivity (Wildman–Crippen MR) is 115 cm³/mol. The van der Waals surface area contributed by atoms with Gasteiger partial charge in [0.1, 0.15) is 24.1 Å². The Balaban J connectivity index is 1.47. The zero-order valence-corrected chi connectivity index (χ0v) is 17.5. The van der Waals surface area contributed by atoms with E-state index in [0.29, 0.717) is 53.7 Å². The normalized spacial score (nSPS) is 10.6. The lowest BCUT2D eigenvalue weighted by molar-refractivity contribution is 0.211. The van der Waals surface area contributed by atoms with E-state index in [-0.39, 0.29) is 0 Å². The third-order valence-corrected chi connectivity index (χ3v) is 4.65. The number of rotatable bonds is 10. The lowest BCUT2D eigenvalue weighted by Crippen LogP contribution is -2.13. The highest BCUT2D eigenvalue weighted by Gasteiger charge is 2.07. The van der Waals surface area contributed by atoms with Crippen LogP contribution < -0.4 is 19.5 Å². The number of pyridine rings is 1. The molecule has 3 aromatic rings. The summed E-state index contributed by atoms with van der Waals surface area (Å²) in [5.41, 5.74) is 2.16. The number of nitrogens with zero attached hydrogens (tertiary/aromatic N) is 1. The van der Waals surface area contributed by atoms with Crippen molar-refractivity contribution in [2.24, 2.45) is 0 Å². The molecule has 0 aliphatic rings. The average Bonchev–Trinajstić information content (AvgIpc) is 2.74. The van der Waals surface area contributed by atoms with Crippen LogP contribution in [0.25, 0.3) is 0 Å². The van der Waals surface area contributed by atoms with Crippen molar-refractivity contribution in [2.45, 2.75) is 13.1 Å². The molecule has 0 unspecified atom stereocenters. The van der Waals surface area contributed by atoms with Gasteiger partial charge in [0.2, 0.25) is 0 Å². The quantitative estimate of drug-likeness (QED) is 0.354. The van der Waals surface area contributed by atoms with Gasteiger partial charge in [-0.25, -0.2) is 4.98 Å². The molecule has 0 spiro atoms. The number of hydrogen-bond acceptors (Lipinski definition) is 5. The molecule has 0 saturated carbocycles. The minimum atomic E-state index is 0.378. The van der Waals surface area contributed by atoms with Crippen molar-refractivity contribution in [2.75, 3.05) is 20.3 Å². The summed E-state index contributed by atoms with van der Waals surface area (Å²) >= 11 is 11.9. The highest BCUT2D eigenvalue weighted by Crippen LogP contribution is 2.28. The fraction of sp³-hybridized carbons (Fsp3) is 0.227. The summed E-state index contributed by atoms with van der Waals surface area (Å²) in [7, 11) is 1.62. The fourth-order valence-electron chi connectivity index (χ4n) is 2.67. The fourth-order valence-corrected chi connectivity index (χ4v) is 2.97. The molecule has 0 fully saturated rings. The van der Waals surface area contributed by atoms with Crippen molar-refractivity contribution in [3.63, 3.8) is 0 Å². The molecule has 7 heteroatoms. The maximum atomic E-state index is 6.07. The number of para-hydroxylation sites is 1. The first kappa shape index (κ1) is 21.2. The molecule has 0 radical (unpaired) electrons. The van der Waals surface area contributed by atoms with Gasteiger partial charge in [-0.15, -0.1) is 0 Å². The maximum absolute atomic E-state index is 6.07. The average molecular weight is 433 g/mol. The van der Waals surface area contributed by atoms with Crippen molar-refractivity contribution >= 4 is 23.2 Å². The van der Waals surface area contributed by atoms with Crippen molar-refractivity contribution < 1.29 is 14.2 Å². The predicted octanol–water partition coefficient (Wildman–Crippen LogP) is 5.14. The molecule has 1 heterocycles. The first-order valence-electron chi connectivity index (χ1n) is 9.14. The van der Waals surface area contributed by atoms with Gasteiger partial charge in [-0.2, -0.15) is 0 Å². The van der Waals surface area contributed by atoms with E-state index in [1.807, 2.05) is 42.5 Å². The summed E-state index contributed by atoms with van der Waals surface area (Å²) in [4.78, 5) is 4.07. The van der Waals surface area contributed by atoms with E-state index in [1.165, 1.54) is 0 Å². The molecule has 2 aromatic carbocycles. The molecule has 152 valence electrons. The third-order valence-electron chi connectivity index (χ3n) is 4.11. The van der Waals surface area contributed by atoms with Gasteiger partial charge in [-0.05, 0) is 41.5 Å². The Kier molecular flexibility index (Phi) is 7.99. The molecule has 0 saturated heterocycles. The summed E-state index contributed by atoms with van der Waals surface area (Å²) < 4.78 is 16.9. The van der Waals surface area contributed by atoms with Crippen LogP contribution in [0.15, 0.2) is 60.8 Å². The SMILES string of the molecule is COc1cc(CNCc2ccc(Cl)nc2)ccc1OCCOc1ccccc1Cl. The maximum Gasteiger partial charge on any atom is 0.161 e. The Morgan fingerprint density at radius 1 is 0.828 bits per heavy atom. The molecular formula is C22H22Cl2N2O3. The van der Waals surface area contributed by atoms with E-state index >= 15 is 0 Å². The van der Waals surface area contributed by atoms with Crippen LogP contribution in [0.4, 0.5) is 0 Å². The van der Waals surface area contributed by atoms with Crippen molar-refractivity contribution in [1.29, 1.82) is 0 Å². The Morgan fingerprint density at radius 2 is 1.55 bits per heavy atom. The second-order valence-corrected chi connectivity index (χ2v) is 7.00. The second-order valence-electron chi connectivity index (χ2n) is 6.21. The first-order valence-corrected chi connectivity index (χ1v) is 9.89. The van der Waals surface area contributed by atoms with Crippen LogP contribution >= 0.6 is 23.2 Å². The Hall–Kier alpha value is -2.47. The second kappa shape index (κ2) is 10.9. The van der Waals surface area contributed by atoms with Gasteiger partial charge in [0.05, 0.1) is 12.1 Å². The number of hydrogen-bond donors (Lipinski definition) is 1. The van der Waals surface area contributed by atoms with Crippen molar-refractivity contribution in [3.05, 3.63) is 82.1 Å². The lowest BCUT2D eigenvalue weighted by Gasteiger charge is -2.13. The van der Waals surface area contributed by atoms with Gasteiger partial charge in [0.25, 0.3) is 0 Å². The highest BCUT2D eigenvalue weighted by molar-refractivity contribution is 6.32. The monoisotopic (exact) mass is 432 g/mol. The largest absolute Gasteiger partial charge is 0.493 e. The minimum Gasteiger partial charge on any atom is -0.493 e. The van der Waals surface area contributed by atoms with Gasteiger partial charge in [0.15, 0.2) is 11.5 Å². The summed E-state index contributed by atoms with van der Waals surface area (Å²) in [6.45, 7) is 2.15. The van der Waals surface area contributed by atoms with Crippen LogP contribution in [0.3, 0.4) is 0 Å². The topological polar surface area (TPSA) is 52.6 Å². The molecular weight excluding hydrogens is 411 g/mol. The van der Waals surface area contributed by atoms with Gasteiger partial charge >= 0.3 is 0 Å². The molecule has 29 heavy (non-hydrogen) atoms. The van der Waals surface area contributed by atoms with E-state index in [1.54, 1.807) is 25.4 Å². The van der Waals surface area contributed by atoms with E-state index in [4.69, 9.17) is 37.4 Å². The molecule has 0 aliphatic heterocycles. The van der Waals surface area contributed by atoms with Crippen LogP contribution in [0.1, 0.15) is 11.1 Å². The number of benzene rings is 2. The number of halogens is 2. The molecule has 5 nitrogen and oxygen atoms in total. The zero-order chi connectivity index (χ0) is 20.5. The van der Waals surface area contributed by atoms with E-state index < -0.39 is 0 Å². The lowest BCUT2D eigenvalue weighted by atomic mass is 10.2. The summed E-state index contributed by atoms with van der Waals surface area (Å²) in [5, 5.41) is 4.44. The highest BCUT2D eigenvalue weighted by atomic mass is 35.5. The van der Waals surface area contributed by atoms with Crippen LogP contribution in [0.5, 0.6) is 17.2 Å². The van der Waals surface area contributed by atoms with Crippen molar-refractivity contribution in [3.8, 4) is 17.2 Å². The standard InChI is InChI=1S/C22H22Cl2N2O3/c1-27-21-12-16(13-25-14-17-7-9-22(24)26-15-17)6-8-20(21)29-11-10-28-19-5-3-2-4-18(19)23/h2-9,12,15,25H,10-11,13-14H2,1H3. The van der Waals surface area contributed by atoms with Gasteiger partial charge in [-0.1, -0.05) is 47.5 Å². The third kappa shape index (κ3) is 6.53. The number of ether oxygens (including phenoxy) is 3. The molecule has 3 rings (SSSR count). The molecule has 0 atom stereocenters. The Morgan fingerprint density at radius 3 is 2.28 bits per heavy atom.